The molecule has 2 fully saturated rings. The minimum absolute atomic E-state index is 0.346. The van der Waals surface area contributed by atoms with E-state index in [9.17, 15) is 0 Å². The Hall–Kier alpha value is -0.120. The van der Waals surface area contributed by atoms with Gasteiger partial charge in [0.2, 0.25) is 0 Å². The van der Waals surface area contributed by atoms with Crippen LogP contribution < -0.4 is 5.73 Å². The van der Waals surface area contributed by atoms with Crippen molar-refractivity contribution in [3.05, 3.63) is 0 Å². The Morgan fingerprint density at radius 3 is 2.94 bits per heavy atom. The Bertz CT molecular complexity index is 243. The molecule has 0 spiro atoms. The summed E-state index contributed by atoms with van der Waals surface area (Å²) in [5.74, 6) is 0.700. The lowest BCUT2D eigenvalue weighted by Gasteiger charge is -2.42. The summed E-state index contributed by atoms with van der Waals surface area (Å²) in [7, 11) is 0. The normalized spacial score (nSPS) is 36.5. The van der Waals surface area contributed by atoms with Gasteiger partial charge in [-0.05, 0) is 51.5 Å². The molecule has 106 valence electrons. The summed E-state index contributed by atoms with van der Waals surface area (Å²) < 4.78 is 5.86. The van der Waals surface area contributed by atoms with E-state index in [4.69, 9.17) is 10.5 Å². The van der Waals surface area contributed by atoms with Crippen LogP contribution in [0.25, 0.3) is 0 Å². The fourth-order valence-electron chi connectivity index (χ4n) is 3.52. The van der Waals surface area contributed by atoms with E-state index < -0.39 is 0 Å². The first-order chi connectivity index (χ1) is 8.70. The zero-order valence-corrected chi connectivity index (χ0v) is 12.1. The van der Waals surface area contributed by atoms with Crippen molar-refractivity contribution < 1.29 is 4.74 Å². The molecule has 18 heavy (non-hydrogen) atoms. The highest BCUT2D eigenvalue weighted by atomic mass is 16.5. The van der Waals surface area contributed by atoms with Crippen LogP contribution >= 0.6 is 0 Å². The predicted molar refractivity (Wildman–Crippen MR) is 75.6 cm³/mol. The summed E-state index contributed by atoms with van der Waals surface area (Å²) in [6, 6.07) is 1.09. The highest BCUT2D eigenvalue weighted by molar-refractivity contribution is 4.85. The van der Waals surface area contributed by atoms with Crippen molar-refractivity contribution in [2.45, 2.75) is 70.6 Å². The number of piperidine rings is 1. The van der Waals surface area contributed by atoms with Crippen molar-refractivity contribution in [2.75, 3.05) is 19.7 Å². The first-order valence-electron chi connectivity index (χ1n) is 7.82. The lowest BCUT2D eigenvalue weighted by molar-refractivity contribution is -0.0395. The van der Waals surface area contributed by atoms with Crippen molar-refractivity contribution in [3.8, 4) is 0 Å². The quantitative estimate of drug-likeness (QED) is 0.837. The second-order valence-corrected chi connectivity index (χ2v) is 6.22. The molecule has 0 amide bonds. The Morgan fingerprint density at radius 2 is 2.22 bits per heavy atom. The number of nitrogens with zero attached hydrogens (tertiary/aromatic N) is 1. The fraction of sp³-hybridized carbons (Fsp3) is 1.00. The topological polar surface area (TPSA) is 38.5 Å². The van der Waals surface area contributed by atoms with Crippen LogP contribution in [0.2, 0.25) is 0 Å². The van der Waals surface area contributed by atoms with Gasteiger partial charge in [0.05, 0.1) is 6.10 Å². The highest BCUT2D eigenvalue weighted by Crippen LogP contribution is 2.27. The number of nitrogens with two attached hydrogens (primary N) is 1. The van der Waals surface area contributed by atoms with Gasteiger partial charge in [-0.1, -0.05) is 13.3 Å². The van der Waals surface area contributed by atoms with Gasteiger partial charge in [0.25, 0.3) is 0 Å². The largest absolute Gasteiger partial charge is 0.378 e. The van der Waals surface area contributed by atoms with Gasteiger partial charge < -0.3 is 10.5 Å². The zero-order valence-electron chi connectivity index (χ0n) is 12.1. The molecule has 0 aliphatic carbocycles. The lowest BCUT2D eigenvalue weighted by Crippen LogP contribution is -2.49. The molecule has 2 rings (SSSR count). The van der Waals surface area contributed by atoms with Crippen molar-refractivity contribution >= 4 is 0 Å². The standard InChI is InChI=1S/C15H30N2O/c1-3-5-15-10-14(7-9-18-15)17-8-4-6-13(11-17)12(2)16/h12-15H,3-11,16H2,1-2H3. The van der Waals surface area contributed by atoms with Crippen molar-refractivity contribution in [3.63, 3.8) is 0 Å². The van der Waals surface area contributed by atoms with Crippen LogP contribution in [0.15, 0.2) is 0 Å². The summed E-state index contributed by atoms with van der Waals surface area (Å²) in [4.78, 5) is 2.70. The molecule has 4 unspecified atom stereocenters. The van der Waals surface area contributed by atoms with Gasteiger partial charge >= 0.3 is 0 Å². The molecule has 3 heteroatoms. The fourth-order valence-corrected chi connectivity index (χ4v) is 3.52. The van der Waals surface area contributed by atoms with Crippen LogP contribution in [0, 0.1) is 5.92 Å². The van der Waals surface area contributed by atoms with Crippen molar-refractivity contribution in [2.24, 2.45) is 11.7 Å². The van der Waals surface area contributed by atoms with Crippen molar-refractivity contribution in [1.82, 2.24) is 4.90 Å². The van der Waals surface area contributed by atoms with E-state index in [2.05, 4.69) is 18.7 Å². The molecule has 0 saturated carbocycles. The number of ether oxygens (including phenoxy) is 1. The van der Waals surface area contributed by atoms with Gasteiger partial charge in [-0.15, -0.1) is 0 Å². The SMILES string of the molecule is CCCC1CC(N2CCCC(C(C)N)C2)CCO1. The minimum atomic E-state index is 0.346. The molecule has 3 nitrogen and oxygen atoms in total. The smallest absolute Gasteiger partial charge is 0.0590 e. The molecule has 2 aliphatic rings. The van der Waals surface area contributed by atoms with Crippen molar-refractivity contribution in [1.29, 1.82) is 0 Å². The Balaban J connectivity index is 1.86. The maximum Gasteiger partial charge on any atom is 0.0590 e. The molecule has 4 atom stereocenters. The van der Waals surface area contributed by atoms with Crippen LogP contribution in [-0.2, 0) is 4.74 Å². The van der Waals surface area contributed by atoms with Gasteiger partial charge in [0.15, 0.2) is 0 Å². The summed E-state index contributed by atoms with van der Waals surface area (Å²) >= 11 is 0. The molecule has 0 bridgehead atoms. The number of hydrogen-bond acceptors (Lipinski definition) is 3. The van der Waals surface area contributed by atoms with Gasteiger partial charge in [-0.25, -0.2) is 0 Å². The van der Waals surface area contributed by atoms with Crippen LogP contribution in [0.3, 0.4) is 0 Å². The molecule has 2 aliphatic heterocycles. The third-order valence-electron chi connectivity index (χ3n) is 4.70. The molecule has 0 radical (unpaired) electrons. The van der Waals surface area contributed by atoms with Crippen LogP contribution in [-0.4, -0.2) is 42.8 Å². The molecule has 0 aromatic carbocycles. The second-order valence-electron chi connectivity index (χ2n) is 6.22. The van der Waals surface area contributed by atoms with Crippen LogP contribution in [0.1, 0.15) is 52.4 Å². The van der Waals surface area contributed by atoms with Gasteiger partial charge in [0.1, 0.15) is 0 Å². The molecule has 0 aromatic heterocycles. The van der Waals surface area contributed by atoms with Gasteiger partial charge in [-0.2, -0.15) is 0 Å². The molecular weight excluding hydrogens is 224 g/mol. The molecule has 0 aromatic rings. The van der Waals surface area contributed by atoms with Crippen LogP contribution in [0.4, 0.5) is 0 Å². The summed E-state index contributed by atoms with van der Waals surface area (Å²) in [5.41, 5.74) is 6.08. The first kappa shape index (κ1) is 14.3. The number of likely N-dealkylation sites (tertiary alicyclic amines) is 1. The predicted octanol–water partition coefficient (Wildman–Crippen LogP) is 2.39. The zero-order chi connectivity index (χ0) is 13.0. The summed E-state index contributed by atoms with van der Waals surface area (Å²) in [6.45, 7) is 7.85. The van der Waals surface area contributed by atoms with E-state index in [1.54, 1.807) is 0 Å². The van der Waals surface area contributed by atoms with E-state index in [1.807, 2.05) is 0 Å². The summed E-state index contributed by atoms with van der Waals surface area (Å²) in [5, 5.41) is 0. The third kappa shape index (κ3) is 3.69. The molecule has 2 heterocycles. The number of rotatable bonds is 4. The first-order valence-corrected chi connectivity index (χ1v) is 7.82. The minimum Gasteiger partial charge on any atom is -0.378 e. The van der Waals surface area contributed by atoms with Gasteiger partial charge in [0, 0.05) is 25.2 Å². The maximum absolute atomic E-state index is 6.08. The van der Waals surface area contributed by atoms with Crippen LogP contribution in [0.5, 0.6) is 0 Å². The Morgan fingerprint density at radius 1 is 1.39 bits per heavy atom. The van der Waals surface area contributed by atoms with E-state index in [0.717, 1.165) is 12.6 Å². The second kappa shape index (κ2) is 6.88. The highest BCUT2D eigenvalue weighted by Gasteiger charge is 2.31. The third-order valence-corrected chi connectivity index (χ3v) is 4.70. The maximum atomic E-state index is 6.08. The van der Waals surface area contributed by atoms with E-state index >= 15 is 0 Å². The molecule has 2 saturated heterocycles. The average Bonchev–Trinajstić information content (AvgIpc) is 2.39. The Kier molecular flexibility index (Phi) is 5.46. The van der Waals surface area contributed by atoms with E-state index in [0.29, 0.717) is 18.1 Å². The summed E-state index contributed by atoms with van der Waals surface area (Å²) in [6.07, 6.45) is 8.05. The average molecular weight is 254 g/mol. The molecular formula is C15H30N2O. The Labute approximate surface area is 112 Å². The molecule has 2 N–H and O–H groups in total. The lowest BCUT2D eigenvalue weighted by atomic mass is 9.89. The van der Waals surface area contributed by atoms with Gasteiger partial charge in [-0.3, -0.25) is 4.90 Å². The van der Waals surface area contributed by atoms with E-state index in [-0.39, 0.29) is 0 Å². The number of hydrogen-bond donors (Lipinski definition) is 1. The van der Waals surface area contributed by atoms with E-state index in [1.165, 1.54) is 51.6 Å². The monoisotopic (exact) mass is 254 g/mol.